The molecule has 5 rings (SSSR count). The van der Waals surface area contributed by atoms with Gasteiger partial charge < -0.3 is 19.5 Å². The molecule has 3 aromatic heterocycles. The zero-order valence-corrected chi connectivity index (χ0v) is 18.6. The van der Waals surface area contributed by atoms with E-state index < -0.39 is 12.3 Å². The van der Waals surface area contributed by atoms with Crippen molar-refractivity contribution in [1.29, 1.82) is 0 Å². The normalized spacial score (nSPS) is 11.9. The first-order valence-electron chi connectivity index (χ1n) is 10.6. The van der Waals surface area contributed by atoms with E-state index in [1.165, 1.54) is 30.5 Å². The summed E-state index contributed by atoms with van der Waals surface area (Å²) in [6.45, 7) is -0.158. The average Bonchev–Trinajstić information content (AvgIpc) is 3.58. The molecule has 0 aliphatic rings. The second-order valence-corrected chi connectivity index (χ2v) is 7.58. The Morgan fingerprint density at radius 2 is 1.89 bits per heavy atom. The number of nitrogen functional groups attached to an aromatic ring is 1. The first kappa shape index (κ1) is 23.6. The molecule has 0 spiro atoms. The third kappa shape index (κ3) is 5.27. The molecule has 0 unspecified atom stereocenters. The SMILES string of the molecule is Nc1nonc1-c1nc2ccccc2n1CC(=O)N/N=C/c1ccc(-c2ccc(OC(F)(F)F)cc2)o1. The summed E-state index contributed by atoms with van der Waals surface area (Å²) < 4.78 is 52.7. The van der Waals surface area contributed by atoms with Crippen LogP contribution in [-0.2, 0) is 11.3 Å². The Hall–Kier alpha value is -5.14. The third-order valence-electron chi connectivity index (χ3n) is 5.06. The number of aromatic nitrogens is 4. The van der Waals surface area contributed by atoms with Crippen molar-refractivity contribution in [2.45, 2.75) is 12.9 Å². The maximum absolute atomic E-state index is 12.6. The van der Waals surface area contributed by atoms with Crippen molar-refractivity contribution in [3.05, 3.63) is 66.4 Å². The number of anilines is 1. The quantitative estimate of drug-likeness (QED) is 0.246. The number of hydrazone groups is 1. The minimum atomic E-state index is -4.77. The van der Waals surface area contributed by atoms with Crippen molar-refractivity contribution in [3.8, 4) is 28.6 Å². The van der Waals surface area contributed by atoms with E-state index in [-0.39, 0.29) is 23.8 Å². The summed E-state index contributed by atoms with van der Waals surface area (Å²) in [5, 5.41) is 11.2. The highest BCUT2D eigenvalue weighted by Gasteiger charge is 2.31. The van der Waals surface area contributed by atoms with Gasteiger partial charge in [0.05, 0.1) is 17.2 Å². The number of carbonyl (C=O) groups is 1. The minimum absolute atomic E-state index is 0.0335. The standard InChI is InChI=1S/C23H16F3N7O4/c24-23(25,26)36-14-7-5-13(6-8-14)18-10-9-15(35-18)11-28-30-19(34)12-33-17-4-2-1-3-16(17)29-22(33)20-21(27)32-37-31-20/h1-11H,12H2,(H2,27,32)(H,30,34)/b28-11+. The van der Waals surface area contributed by atoms with Crippen LogP contribution in [0.2, 0.25) is 0 Å². The number of halogens is 3. The molecule has 1 amide bonds. The Bertz CT molecular complexity index is 1590. The Morgan fingerprint density at radius 3 is 2.62 bits per heavy atom. The lowest BCUT2D eigenvalue weighted by atomic mass is 10.2. The van der Waals surface area contributed by atoms with Crippen molar-refractivity contribution in [2.75, 3.05) is 5.73 Å². The van der Waals surface area contributed by atoms with Crippen LogP contribution in [0.25, 0.3) is 33.9 Å². The van der Waals surface area contributed by atoms with Gasteiger partial charge in [-0.25, -0.2) is 15.0 Å². The summed E-state index contributed by atoms with van der Waals surface area (Å²) in [4.78, 5) is 17.1. The lowest BCUT2D eigenvalue weighted by molar-refractivity contribution is -0.274. The van der Waals surface area contributed by atoms with E-state index in [9.17, 15) is 18.0 Å². The predicted molar refractivity (Wildman–Crippen MR) is 124 cm³/mol. The van der Waals surface area contributed by atoms with Gasteiger partial charge in [0, 0.05) is 5.56 Å². The van der Waals surface area contributed by atoms with Crippen molar-refractivity contribution >= 4 is 29.0 Å². The van der Waals surface area contributed by atoms with Crippen LogP contribution in [0.15, 0.2) is 74.8 Å². The van der Waals surface area contributed by atoms with Gasteiger partial charge in [-0.1, -0.05) is 12.1 Å². The number of carbonyl (C=O) groups excluding carboxylic acids is 1. The average molecular weight is 511 g/mol. The van der Waals surface area contributed by atoms with Crippen molar-refractivity contribution in [3.63, 3.8) is 0 Å². The number of furan rings is 1. The predicted octanol–water partition coefficient (Wildman–Crippen LogP) is 3.98. The third-order valence-corrected chi connectivity index (χ3v) is 5.06. The molecule has 0 aliphatic carbocycles. The molecule has 188 valence electrons. The van der Waals surface area contributed by atoms with Crippen molar-refractivity contribution in [1.82, 2.24) is 25.3 Å². The largest absolute Gasteiger partial charge is 0.573 e. The summed E-state index contributed by atoms with van der Waals surface area (Å²) in [5.41, 5.74) is 10.2. The topological polar surface area (TPSA) is 147 Å². The number of nitrogens with one attached hydrogen (secondary N) is 1. The van der Waals surface area contributed by atoms with Gasteiger partial charge in [-0.05, 0) is 58.8 Å². The van der Waals surface area contributed by atoms with E-state index in [0.717, 1.165) is 0 Å². The number of para-hydroxylation sites is 2. The highest BCUT2D eigenvalue weighted by atomic mass is 19.4. The van der Waals surface area contributed by atoms with E-state index in [2.05, 4.69) is 35.2 Å². The van der Waals surface area contributed by atoms with E-state index in [1.807, 2.05) is 0 Å². The lowest BCUT2D eigenvalue weighted by Gasteiger charge is -2.08. The molecule has 0 fully saturated rings. The van der Waals surface area contributed by atoms with Gasteiger partial charge in [-0.3, -0.25) is 4.79 Å². The molecule has 0 bridgehead atoms. The van der Waals surface area contributed by atoms with Crippen LogP contribution in [-0.4, -0.2) is 38.3 Å². The molecular weight excluding hydrogens is 495 g/mol. The summed E-state index contributed by atoms with van der Waals surface area (Å²) in [6.07, 6.45) is -3.48. The lowest BCUT2D eigenvalue weighted by Crippen LogP contribution is -2.23. The van der Waals surface area contributed by atoms with Crippen LogP contribution in [0.1, 0.15) is 5.76 Å². The van der Waals surface area contributed by atoms with Crippen LogP contribution in [0, 0.1) is 0 Å². The van der Waals surface area contributed by atoms with Gasteiger partial charge in [-0.15, -0.1) is 13.2 Å². The van der Waals surface area contributed by atoms with Gasteiger partial charge in [0.15, 0.2) is 17.3 Å². The maximum Gasteiger partial charge on any atom is 0.573 e. The summed E-state index contributed by atoms with van der Waals surface area (Å²) >= 11 is 0. The number of nitrogens with zero attached hydrogens (tertiary/aromatic N) is 5. The first-order chi connectivity index (χ1) is 17.8. The number of fused-ring (bicyclic) bond motifs is 1. The minimum Gasteiger partial charge on any atom is -0.455 e. The summed E-state index contributed by atoms with van der Waals surface area (Å²) in [7, 11) is 0. The van der Waals surface area contributed by atoms with Gasteiger partial charge in [0.1, 0.15) is 23.8 Å². The van der Waals surface area contributed by atoms with E-state index >= 15 is 0 Å². The van der Waals surface area contributed by atoms with Crippen LogP contribution in [0.4, 0.5) is 19.0 Å². The molecule has 5 aromatic rings. The zero-order valence-electron chi connectivity index (χ0n) is 18.6. The highest BCUT2D eigenvalue weighted by Crippen LogP contribution is 2.28. The number of nitrogens with two attached hydrogens (primary N) is 1. The molecule has 0 atom stereocenters. The van der Waals surface area contributed by atoms with Crippen molar-refractivity contribution in [2.24, 2.45) is 5.10 Å². The van der Waals surface area contributed by atoms with E-state index in [0.29, 0.717) is 33.9 Å². The van der Waals surface area contributed by atoms with Gasteiger partial charge in [-0.2, -0.15) is 5.10 Å². The fourth-order valence-corrected chi connectivity index (χ4v) is 3.51. The number of alkyl halides is 3. The number of ether oxygens (including phenoxy) is 1. The highest BCUT2D eigenvalue weighted by molar-refractivity contribution is 5.86. The maximum atomic E-state index is 12.6. The van der Waals surface area contributed by atoms with Gasteiger partial charge >= 0.3 is 6.36 Å². The Balaban J connectivity index is 1.26. The molecule has 0 aliphatic heterocycles. The van der Waals surface area contributed by atoms with Crippen LogP contribution in [0.3, 0.4) is 0 Å². The number of imidazole rings is 1. The molecule has 0 radical (unpaired) electrons. The fraction of sp³-hybridized carbons (Fsp3) is 0.0870. The Morgan fingerprint density at radius 1 is 1.11 bits per heavy atom. The summed E-state index contributed by atoms with van der Waals surface area (Å²) in [6, 6.07) is 15.6. The van der Waals surface area contributed by atoms with Crippen LogP contribution >= 0.6 is 0 Å². The Labute approximate surface area is 205 Å². The molecule has 0 saturated carbocycles. The second-order valence-electron chi connectivity index (χ2n) is 7.58. The smallest absolute Gasteiger partial charge is 0.455 e. The molecule has 0 saturated heterocycles. The van der Waals surface area contributed by atoms with Gasteiger partial charge in [0.2, 0.25) is 0 Å². The fourth-order valence-electron chi connectivity index (χ4n) is 3.51. The molecule has 3 N–H and O–H groups in total. The van der Waals surface area contributed by atoms with Crippen molar-refractivity contribution < 1.29 is 31.7 Å². The molecule has 14 heteroatoms. The number of hydrogen-bond acceptors (Lipinski definition) is 9. The monoisotopic (exact) mass is 511 g/mol. The second kappa shape index (κ2) is 9.49. The van der Waals surface area contributed by atoms with Crippen LogP contribution < -0.4 is 15.9 Å². The molecular formula is C23H16F3N7O4. The van der Waals surface area contributed by atoms with Gasteiger partial charge in [0.25, 0.3) is 5.91 Å². The number of rotatable bonds is 7. The number of hydrogen-bond donors (Lipinski definition) is 2. The zero-order chi connectivity index (χ0) is 26.0. The Kier molecular flexibility index (Phi) is 6.05. The van der Waals surface area contributed by atoms with Crippen LogP contribution in [0.5, 0.6) is 5.75 Å². The first-order valence-corrected chi connectivity index (χ1v) is 10.6. The molecule has 37 heavy (non-hydrogen) atoms. The molecule has 3 heterocycles. The summed E-state index contributed by atoms with van der Waals surface area (Å²) in [5.74, 6) is 0.222. The number of amides is 1. The van der Waals surface area contributed by atoms with E-state index in [4.69, 9.17) is 10.2 Å². The molecule has 11 nitrogen and oxygen atoms in total. The number of benzene rings is 2. The molecule has 2 aromatic carbocycles. The van der Waals surface area contributed by atoms with E-state index in [1.54, 1.807) is 41.0 Å².